The zero-order chi connectivity index (χ0) is 24.7. The molecule has 4 rings (SSSR count). The molecule has 1 amide bonds. The maximum Gasteiger partial charge on any atom is 0.249 e. The van der Waals surface area contributed by atoms with Gasteiger partial charge in [-0.25, -0.2) is 4.98 Å². The van der Waals surface area contributed by atoms with E-state index in [1.165, 1.54) is 11.1 Å². The van der Waals surface area contributed by atoms with Gasteiger partial charge in [-0.05, 0) is 67.3 Å². The molecule has 2 aromatic carbocycles. The number of amides is 1. The van der Waals surface area contributed by atoms with Crippen molar-refractivity contribution < 1.29 is 14.3 Å². The summed E-state index contributed by atoms with van der Waals surface area (Å²) in [7, 11) is 0. The minimum absolute atomic E-state index is 0.0176. The van der Waals surface area contributed by atoms with Crippen molar-refractivity contribution in [2.45, 2.75) is 77.4 Å². The maximum atomic E-state index is 12.2. The Bertz CT molecular complexity index is 1090. The Hall–Kier alpha value is -2.86. The van der Waals surface area contributed by atoms with Crippen molar-refractivity contribution in [2.75, 3.05) is 19.8 Å². The molecule has 1 unspecified atom stereocenters. The summed E-state index contributed by atoms with van der Waals surface area (Å²) in [6, 6.07) is 16.8. The SMILES string of the molecule is CC(C)(C)c1ccc(OCCCCn2c(CCCNC(=O)C3CCCO3)nc3ccccc32)cc1. The molecule has 6 heteroatoms. The number of nitrogens with one attached hydrogen (secondary N) is 1. The average molecular weight is 478 g/mol. The lowest BCUT2D eigenvalue weighted by Crippen LogP contribution is -2.34. The van der Waals surface area contributed by atoms with Gasteiger partial charge < -0.3 is 19.4 Å². The highest BCUT2D eigenvalue weighted by molar-refractivity contribution is 5.80. The molecule has 0 aliphatic carbocycles. The average Bonchev–Trinajstić information content (AvgIpc) is 3.50. The van der Waals surface area contributed by atoms with E-state index in [0.29, 0.717) is 19.8 Å². The third kappa shape index (κ3) is 6.85. The van der Waals surface area contributed by atoms with Crippen LogP contribution < -0.4 is 10.1 Å². The third-order valence-corrected chi connectivity index (χ3v) is 6.60. The summed E-state index contributed by atoms with van der Waals surface area (Å²) in [6.45, 7) is 9.60. The van der Waals surface area contributed by atoms with Crippen molar-refractivity contribution in [3.63, 3.8) is 0 Å². The van der Waals surface area contributed by atoms with Crippen LogP contribution in [0.1, 0.15) is 64.3 Å². The number of carbonyl (C=O) groups is 1. The van der Waals surface area contributed by atoms with E-state index in [0.717, 1.165) is 62.2 Å². The minimum Gasteiger partial charge on any atom is -0.494 e. The number of fused-ring (bicyclic) bond motifs is 1. The normalized spacial score (nSPS) is 16.0. The summed E-state index contributed by atoms with van der Waals surface area (Å²) in [5.41, 5.74) is 3.67. The van der Waals surface area contributed by atoms with E-state index in [-0.39, 0.29) is 17.4 Å². The van der Waals surface area contributed by atoms with Crippen LogP contribution in [0.3, 0.4) is 0 Å². The summed E-state index contributed by atoms with van der Waals surface area (Å²) < 4.78 is 13.8. The van der Waals surface area contributed by atoms with E-state index in [9.17, 15) is 4.79 Å². The molecule has 35 heavy (non-hydrogen) atoms. The van der Waals surface area contributed by atoms with E-state index < -0.39 is 0 Å². The topological polar surface area (TPSA) is 65.4 Å². The number of benzene rings is 2. The quantitative estimate of drug-likeness (QED) is 0.375. The number of imidazole rings is 1. The molecule has 1 aliphatic rings. The zero-order valence-corrected chi connectivity index (χ0v) is 21.4. The molecule has 188 valence electrons. The van der Waals surface area contributed by atoms with Gasteiger partial charge in [-0.2, -0.15) is 0 Å². The van der Waals surface area contributed by atoms with Gasteiger partial charge in [0.15, 0.2) is 0 Å². The number of aryl methyl sites for hydroxylation is 2. The molecule has 6 nitrogen and oxygen atoms in total. The number of hydrogen-bond donors (Lipinski definition) is 1. The van der Waals surface area contributed by atoms with Gasteiger partial charge in [0.25, 0.3) is 0 Å². The standard InChI is InChI=1S/C29H39N3O3/c1-29(2,3)22-14-16-23(17-15-22)34-20-7-6-19-32-25-11-5-4-10-24(25)31-27(32)13-8-18-30-28(33)26-12-9-21-35-26/h4-5,10-11,14-17,26H,6-9,12-13,18-21H2,1-3H3,(H,30,33). The number of aromatic nitrogens is 2. The van der Waals surface area contributed by atoms with Gasteiger partial charge in [-0.3, -0.25) is 4.79 Å². The molecule has 2 heterocycles. The van der Waals surface area contributed by atoms with Crippen LogP contribution in [0.25, 0.3) is 11.0 Å². The number of hydrogen-bond acceptors (Lipinski definition) is 4. The van der Waals surface area contributed by atoms with Crippen LogP contribution in [0.4, 0.5) is 0 Å². The molecule has 3 aromatic rings. The molecule has 0 saturated carbocycles. The van der Waals surface area contributed by atoms with Gasteiger partial charge in [0.1, 0.15) is 17.7 Å². The molecule has 0 bridgehead atoms. The molecule has 1 fully saturated rings. The monoisotopic (exact) mass is 477 g/mol. The Morgan fingerprint density at radius 1 is 1.11 bits per heavy atom. The first-order valence-corrected chi connectivity index (χ1v) is 13.0. The number of unbranched alkanes of at least 4 members (excludes halogenated alkanes) is 1. The lowest BCUT2D eigenvalue weighted by atomic mass is 9.87. The largest absolute Gasteiger partial charge is 0.494 e. The van der Waals surface area contributed by atoms with E-state index in [4.69, 9.17) is 14.5 Å². The van der Waals surface area contributed by atoms with E-state index in [1.807, 2.05) is 6.07 Å². The maximum absolute atomic E-state index is 12.2. The first kappa shape index (κ1) is 25.2. The number of para-hydroxylation sites is 2. The van der Waals surface area contributed by atoms with Crippen molar-refractivity contribution in [1.82, 2.24) is 14.9 Å². The molecule has 0 spiro atoms. The Kier molecular flexibility index (Phi) is 8.45. The molecule has 0 radical (unpaired) electrons. The van der Waals surface area contributed by atoms with Crippen molar-refractivity contribution >= 4 is 16.9 Å². The first-order valence-electron chi connectivity index (χ1n) is 13.0. The second-order valence-electron chi connectivity index (χ2n) is 10.4. The second-order valence-corrected chi connectivity index (χ2v) is 10.4. The summed E-state index contributed by atoms with van der Waals surface area (Å²) in [5, 5.41) is 3.02. The fourth-order valence-corrected chi connectivity index (χ4v) is 4.54. The number of ether oxygens (including phenoxy) is 2. The Balaban J connectivity index is 1.25. The lowest BCUT2D eigenvalue weighted by molar-refractivity contribution is -0.130. The lowest BCUT2D eigenvalue weighted by Gasteiger charge is -2.19. The smallest absolute Gasteiger partial charge is 0.249 e. The van der Waals surface area contributed by atoms with Gasteiger partial charge in [-0.1, -0.05) is 45.0 Å². The molecular weight excluding hydrogens is 438 g/mol. The minimum atomic E-state index is -0.266. The fraction of sp³-hybridized carbons (Fsp3) is 0.517. The zero-order valence-electron chi connectivity index (χ0n) is 21.4. The van der Waals surface area contributed by atoms with Gasteiger partial charge in [0.05, 0.1) is 17.6 Å². The molecular formula is C29H39N3O3. The molecule has 1 N–H and O–H groups in total. The van der Waals surface area contributed by atoms with E-state index >= 15 is 0 Å². The Morgan fingerprint density at radius 3 is 2.66 bits per heavy atom. The summed E-state index contributed by atoms with van der Waals surface area (Å²) in [5.74, 6) is 2.03. The summed E-state index contributed by atoms with van der Waals surface area (Å²) >= 11 is 0. The van der Waals surface area contributed by atoms with Crippen LogP contribution in [0.15, 0.2) is 48.5 Å². The number of carbonyl (C=O) groups excluding carboxylic acids is 1. The predicted octanol–water partition coefficient (Wildman–Crippen LogP) is 5.42. The highest BCUT2D eigenvalue weighted by Crippen LogP contribution is 2.24. The van der Waals surface area contributed by atoms with Crippen molar-refractivity contribution in [3.05, 3.63) is 59.9 Å². The third-order valence-electron chi connectivity index (χ3n) is 6.60. The molecule has 1 atom stereocenters. The van der Waals surface area contributed by atoms with Gasteiger partial charge in [-0.15, -0.1) is 0 Å². The number of nitrogens with zero attached hydrogens (tertiary/aromatic N) is 2. The van der Waals surface area contributed by atoms with Gasteiger partial charge in [0.2, 0.25) is 5.91 Å². The Morgan fingerprint density at radius 2 is 1.91 bits per heavy atom. The predicted molar refractivity (Wildman–Crippen MR) is 140 cm³/mol. The summed E-state index contributed by atoms with van der Waals surface area (Å²) in [6.07, 6.45) is 5.21. The number of rotatable bonds is 11. The van der Waals surface area contributed by atoms with Crippen molar-refractivity contribution in [2.24, 2.45) is 0 Å². The molecule has 1 aliphatic heterocycles. The van der Waals surface area contributed by atoms with Crippen molar-refractivity contribution in [3.8, 4) is 5.75 Å². The fourth-order valence-electron chi connectivity index (χ4n) is 4.54. The van der Waals surface area contributed by atoms with E-state index in [1.54, 1.807) is 0 Å². The molecule has 1 aromatic heterocycles. The highest BCUT2D eigenvalue weighted by atomic mass is 16.5. The van der Waals surface area contributed by atoms with Crippen LogP contribution in [0.5, 0.6) is 5.75 Å². The molecule has 1 saturated heterocycles. The van der Waals surface area contributed by atoms with Gasteiger partial charge in [0, 0.05) is 26.1 Å². The Labute approximate surface area is 209 Å². The summed E-state index contributed by atoms with van der Waals surface area (Å²) in [4.78, 5) is 17.0. The first-order chi connectivity index (χ1) is 16.9. The van der Waals surface area contributed by atoms with Crippen LogP contribution >= 0.6 is 0 Å². The van der Waals surface area contributed by atoms with Gasteiger partial charge >= 0.3 is 0 Å². The van der Waals surface area contributed by atoms with Crippen LogP contribution in [0.2, 0.25) is 0 Å². The van der Waals surface area contributed by atoms with Crippen LogP contribution in [0, 0.1) is 0 Å². The second kappa shape index (κ2) is 11.7. The van der Waals surface area contributed by atoms with Crippen LogP contribution in [-0.2, 0) is 27.9 Å². The van der Waals surface area contributed by atoms with Crippen LogP contribution in [-0.4, -0.2) is 41.3 Å². The van der Waals surface area contributed by atoms with E-state index in [2.05, 4.69) is 73.1 Å². The highest BCUT2D eigenvalue weighted by Gasteiger charge is 2.23. The van der Waals surface area contributed by atoms with Crippen molar-refractivity contribution in [1.29, 1.82) is 0 Å².